The zero-order chi connectivity index (χ0) is 13.6. The number of rotatable bonds is 1. The van der Waals surface area contributed by atoms with Crippen LogP contribution >= 0.6 is 0 Å². The van der Waals surface area contributed by atoms with Crippen molar-refractivity contribution in [2.24, 2.45) is 0 Å². The molecule has 4 nitrogen and oxygen atoms in total. The summed E-state index contributed by atoms with van der Waals surface area (Å²) in [7, 11) is 0. The maximum Gasteiger partial charge on any atom is 0.573 e. The van der Waals surface area contributed by atoms with Crippen LogP contribution in [0.4, 0.5) is 18.9 Å². The Hall–Kier alpha value is -1.92. The zero-order valence-electron chi connectivity index (χ0n) is 9.59. The second-order valence-corrected chi connectivity index (χ2v) is 4.25. The lowest BCUT2D eigenvalue weighted by molar-refractivity contribution is -0.275. The fourth-order valence-electron chi connectivity index (χ4n) is 1.50. The molecular formula is C11H10F3NO3. The highest BCUT2D eigenvalue weighted by molar-refractivity contribution is 6.00. The molecule has 0 spiro atoms. The molecule has 1 aliphatic rings. The van der Waals surface area contributed by atoms with E-state index in [-0.39, 0.29) is 11.4 Å². The molecule has 0 saturated carbocycles. The summed E-state index contributed by atoms with van der Waals surface area (Å²) in [5.41, 5.74) is -1.10. The Labute approximate surface area is 101 Å². The lowest BCUT2D eigenvalue weighted by Crippen LogP contribution is -2.45. The number of ether oxygens (including phenoxy) is 2. The quantitative estimate of drug-likeness (QED) is 0.845. The van der Waals surface area contributed by atoms with E-state index in [4.69, 9.17) is 4.74 Å². The van der Waals surface area contributed by atoms with Crippen LogP contribution in [0.25, 0.3) is 0 Å². The van der Waals surface area contributed by atoms with E-state index in [0.29, 0.717) is 0 Å². The number of benzene rings is 1. The first-order chi connectivity index (χ1) is 8.19. The van der Waals surface area contributed by atoms with Gasteiger partial charge in [-0.25, -0.2) is 0 Å². The van der Waals surface area contributed by atoms with E-state index in [1.807, 2.05) is 0 Å². The van der Waals surface area contributed by atoms with Gasteiger partial charge in [0.05, 0.1) is 5.69 Å². The third-order valence-electron chi connectivity index (χ3n) is 2.36. The Balaban J connectivity index is 2.42. The number of carbonyl (C=O) groups is 1. The van der Waals surface area contributed by atoms with E-state index >= 15 is 0 Å². The molecule has 1 aliphatic heterocycles. The fourth-order valence-corrected chi connectivity index (χ4v) is 1.50. The predicted molar refractivity (Wildman–Crippen MR) is 56.5 cm³/mol. The van der Waals surface area contributed by atoms with E-state index < -0.39 is 23.6 Å². The van der Waals surface area contributed by atoms with Crippen molar-refractivity contribution in [2.45, 2.75) is 25.8 Å². The number of amides is 1. The van der Waals surface area contributed by atoms with Gasteiger partial charge >= 0.3 is 6.36 Å². The summed E-state index contributed by atoms with van der Waals surface area (Å²) >= 11 is 0. The average Bonchev–Trinajstić information content (AvgIpc) is 2.19. The van der Waals surface area contributed by atoms with Crippen LogP contribution in [0.3, 0.4) is 0 Å². The van der Waals surface area contributed by atoms with Crippen molar-refractivity contribution in [2.75, 3.05) is 5.32 Å². The average molecular weight is 261 g/mol. The van der Waals surface area contributed by atoms with Crippen LogP contribution in [0.5, 0.6) is 11.5 Å². The largest absolute Gasteiger partial charge is 0.573 e. The molecule has 0 saturated heterocycles. The van der Waals surface area contributed by atoms with Gasteiger partial charge in [0.1, 0.15) is 0 Å². The standard InChI is InChI=1S/C11H10F3NO3/c1-10(2)9(16)15-6-4-3-5-7(8(6)18-10)17-11(12,13)14/h3-5H,1-2H3,(H,15,16). The molecule has 7 heteroatoms. The van der Waals surface area contributed by atoms with Crippen molar-refractivity contribution < 1.29 is 27.4 Å². The molecule has 0 bridgehead atoms. The first-order valence-electron chi connectivity index (χ1n) is 5.08. The van der Waals surface area contributed by atoms with E-state index in [1.165, 1.54) is 26.0 Å². The minimum absolute atomic E-state index is 0.126. The van der Waals surface area contributed by atoms with Crippen molar-refractivity contribution in [3.63, 3.8) is 0 Å². The SMILES string of the molecule is CC1(C)Oc2c(cccc2OC(F)(F)F)NC1=O. The normalized spacial score (nSPS) is 17.5. The van der Waals surface area contributed by atoms with Gasteiger partial charge in [0.25, 0.3) is 5.91 Å². The molecule has 1 amide bonds. The predicted octanol–water partition coefficient (Wildman–Crippen LogP) is 2.69. The Morgan fingerprint density at radius 3 is 2.61 bits per heavy atom. The minimum Gasteiger partial charge on any atom is -0.472 e. The van der Waals surface area contributed by atoms with Crippen molar-refractivity contribution >= 4 is 11.6 Å². The van der Waals surface area contributed by atoms with Gasteiger partial charge in [-0.05, 0) is 26.0 Å². The van der Waals surface area contributed by atoms with Crippen LogP contribution in [0.2, 0.25) is 0 Å². The molecule has 1 aromatic carbocycles. The molecule has 1 N–H and O–H groups in total. The van der Waals surface area contributed by atoms with Crippen molar-refractivity contribution in [3.05, 3.63) is 18.2 Å². The van der Waals surface area contributed by atoms with Gasteiger partial charge in [-0.2, -0.15) is 0 Å². The number of fused-ring (bicyclic) bond motifs is 1. The fraction of sp³-hybridized carbons (Fsp3) is 0.364. The smallest absolute Gasteiger partial charge is 0.472 e. The summed E-state index contributed by atoms with van der Waals surface area (Å²) < 4.78 is 45.8. The van der Waals surface area contributed by atoms with E-state index in [9.17, 15) is 18.0 Å². The summed E-state index contributed by atoms with van der Waals surface area (Å²) in [6.45, 7) is 2.91. The molecule has 0 aromatic heterocycles. The minimum atomic E-state index is -4.82. The van der Waals surface area contributed by atoms with Crippen LogP contribution < -0.4 is 14.8 Å². The second kappa shape index (κ2) is 3.79. The number of para-hydroxylation sites is 1. The van der Waals surface area contributed by atoms with Crippen LogP contribution in [-0.4, -0.2) is 17.9 Å². The Kier molecular flexibility index (Phi) is 2.64. The van der Waals surface area contributed by atoms with Gasteiger partial charge in [-0.1, -0.05) is 6.07 Å². The monoisotopic (exact) mass is 261 g/mol. The molecule has 0 atom stereocenters. The van der Waals surface area contributed by atoms with Gasteiger partial charge in [-0.3, -0.25) is 4.79 Å². The van der Waals surface area contributed by atoms with Crippen LogP contribution in [0, 0.1) is 0 Å². The summed E-state index contributed by atoms with van der Waals surface area (Å²) in [5, 5.41) is 2.47. The number of hydrogen-bond donors (Lipinski definition) is 1. The molecule has 98 valence electrons. The number of anilines is 1. The van der Waals surface area contributed by atoms with Crippen LogP contribution in [-0.2, 0) is 4.79 Å². The Morgan fingerprint density at radius 1 is 1.33 bits per heavy atom. The van der Waals surface area contributed by atoms with E-state index in [0.717, 1.165) is 6.07 Å². The highest BCUT2D eigenvalue weighted by Crippen LogP contribution is 2.42. The highest BCUT2D eigenvalue weighted by atomic mass is 19.4. The number of alkyl halides is 3. The molecular weight excluding hydrogens is 251 g/mol. The van der Waals surface area contributed by atoms with Gasteiger partial charge < -0.3 is 14.8 Å². The maximum absolute atomic E-state index is 12.2. The van der Waals surface area contributed by atoms with Gasteiger partial charge in [0.15, 0.2) is 17.1 Å². The lowest BCUT2D eigenvalue weighted by Gasteiger charge is -2.32. The highest BCUT2D eigenvalue weighted by Gasteiger charge is 2.39. The Morgan fingerprint density at radius 2 is 2.00 bits per heavy atom. The van der Waals surface area contributed by atoms with Gasteiger partial charge in [0, 0.05) is 0 Å². The van der Waals surface area contributed by atoms with E-state index in [1.54, 1.807) is 0 Å². The first-order valence-corrected chi connectivity index (χ1v) is 5.08. The number of hydrogen-bond acceptors (Lipinski definition) is 3. The maximum atomic E-state index is 12.2. The molecule has 1 aromatic rings. The molecule has 0 aliphatic carbocycles. The van der Waals surface area contributed by atoms with Crippen molar-refractivity contribution in [1.82, 2.24) is 0 Å². The molecule has 0 radical (unpaired) electrons. The van der Waals surface area contributed by atoms with Crippen molar-refractivity contribution in [3.8, 4) is 11.5 Å². The number of halogens is 3. The topological polar surface area (TPSA) is 47.6 Å². The van der Waals surface area contributed by atoms with Crippen LogP contribution in [0.1, 0.15) is 13.8 Å². The summed E-state index contributed by atoms with van der Waals surface area (Å²) in [5.74, 6) is -1.04. The number of carbonyl (C=O) groups excluding carboxylic acids is 1. The summed E-state index contributed by atoms with van der Waals surface area (Å²) in [4.78, 5) is 11.6. The third kappa shape index (κ3) is 2.34. The molecule has 0 unspecified atom stereocenters. The molecule has 0 fully saturated rings. The van der Waals surface area contributed by atoms with Gasteiger partial charge in [0.2, 0.25) is 0 Å². The second-order valence-electron chi connectivity index (χ2n) is 4.25. The van der Waals surface area contributed by atoms with Gasteiger partial charge in [-0.15, -0.1) is 13.2 Å². The summed E-state index contributed by atoms with van der Waals surface area (Å²) in [6.07, 6.45) is -4.82. The van der Waals surface area contributed by atoms with Crippen molar-refractivity contribution in [1.29, 1.82) is 0 Å². The third-order valence-corrected chi connectivity index (χ3v) is 2.36. The summed E-state index contributed by atoms with van der Waals surface area (Å²) in [6, 6.07) is 3.90. The Bertz CT molecular complexity index is 497. The van der Waals surface area contributed by atoms with E-state index in [2.05, 4.69) is 10.1 Å². The zero-order valence-corrected chi connectivity index (χ0v) is 9.59. The first kappa shape index (κ1) is 12.5. The molecule has 2 rings (SSSR count). The van der Waals surface area contributed by atoms with Crippen LogP contribution in [0.15, 0.2) is 18.2 Å². The number of nitrogens with one attached hydrogen (secondary N) is 1. The molecule has 1 heterocycles. The lowest BCUT2D eigenvalue weighted by atomic mass is 10.1. The molecule has 18 heavy (non-hydrogen) atoms.